The number of hydrogen-bond donors (Lipinski definition) is 2. The van der Waals surface area contributed by atoms with Gasteiger partial charge in [-0.2, -0.15) is 4.98 Å². The lowest BCUT2D eigenvalue weighted by molar-refractivity contribution is 0.213. The van der Waals surface area contributed by atoms with Crippen LogP contribution in [0.25, 0.3) is 0 Å². The number of ether oxygens (including phenoxy) is 1. The highest BCUT2D eigenvalue weighted by Crippen LogP contribution is 2.38. The van der Waals surface area contributed by atoms with Gasteiger partial charge in [0.15, 0.2) is 5.82 Å². The van der Waals surface area contributed by atoms with Gasteiger partial charge in [-0.3, -0.25) is 0 Å². The van der Waals surface area contributed by atoms with E-state index in [2.05, 4.69) is 26.8 Å². The normalized spacial score (nSPS) is 20.8. The minimum Gasteiger partial charge on any atom is -0.491 e. The second kappa shape index (κ2) is 6.06. The monoisotopic (exact) mass is 342 g/mol. The second-order valence-corrected chi connectivity index (χ2v) is 6.93. The van der Waals surface area contributed by atoms with Crippen molar-refractivity contribution in [3.63, 3.8) is 0 Å². The molecule has 1 atom stereocenters. The Morgan fingerprint density at radius 2 is 2.08 bits per heavy atom. The zero-order valence-electron chi connectivity index (χ0n) is 14.5. The first-order valence-electron chi connectivity index (χ1n) is 8.69. The SMILES string of the molecule is Cc1ccc2c(c1)C(NC(=O)NC1(c3noc(C)n3)CCCC1)CO2. The fourth-order valence-corrected chi connectivity index (χ4v) is 3.74. The molecular formula is C18H22N4O3. The molecule has 2 amide bonds. The first-order valence-corrected chi connectivity index (χ1v) is 8.69. The number of hydrogen-bond acceptors (Lipinski definition) is 5. The summed E-state index contributed by atoms with van der Waals surface area (Å²) < 4.78 is 10.8. The lowest BCUT2D eigenvalue weighted by atomic mass is 9.97. The molecule has 2 aromatic rings. The molecule has 2 heterocycles. The molecule has 4 rings (SSSR count). The van der Waals surface area contributed by atoms with Gasteiger partial charge in [-0.15, -0.1) is 0 Å². The van der Waals surface area contributed by atoms with Crippen LogP contribution in [0.4, 0.5) is 4.79 Å². The summed E-state index contributed by atoms with van der Waals surface area (Å²) in [4.78, 5) is 17.0. The standard InChI is InChI=1S/C18H22N4O3/c1-11-5-6-15-13(9-11)14(10-24-15)20-17(23)21-18(7-3-4-8-18)16-19-12(2)25-22-16/h5-6,9,14H,3-4,7-8,10H2,1-2H3,(H2,20,21,23). The van der Waals surface area contributed by atoms with Crippen LogP contribution in [0.2, 0.25) is 0 Å². The Bertz CT molecular complexity index is 795. The van der Waals surface area contributed by atoms with Crippen LogP contribution >= 0.6 is 0 Å². The van der Waals surface area contributed by atoms with E-state index in [4.69, 9.17) is 9.26 Å². The van der Waals surface area contributed by atoms with Crippen LogP contribution in [0.3, 0.4) is 0 Å². The van der Waals surface area contributed by atoms with Crippen LogP contribution in [0.5, 0.6) is 5.75 Å². The average Bonchev–Trinajstić information content (AvgIpc) is 3.29. The van der Waals surface area contributed by atoms with Gasteiger partial charge in [0, 0.05) is 12.5 Å². The Morgan fingerprint density at radius 1 is 1.28 bits per heavy atom. The predicted octanol–water partition coefficient (Wildman–Crippen LogP) is 2.89. The summed E-state index contributed by atoms with van der Waals surface area (Å²) in [5.74, 6) is 1.91. The first kappa shape index (κ1) is 15.9. The van der Waals surface area contributed by atoms with Crippen LogP contribution < -0.4 is 15.4 Å². The van der Waals surface area contributed by atoms with E-state index in [1.54, 1.807) is 6.92 Å². The van der Waals surface area contributed by atoms with Crippen LogP contribution in [-0.2, 0) is 5.54 Å². The number of aryl methyl sites for hydroxylation is 2. The molecule has 7 heteroatoms. The van der Waals surface area contributed by atoms with E-state index >= 15 is 0 Å². The van der Waals surface area contributed by atoms with E-state index in [-0.39, 0.29) is 12.1 Å². The smallest absolute Gasteiger partial charge is 0.316 e. The lowest BCUT2D eigenvalue weighted by Gasteiger charge is -2.27. The average molecular weight is 342 g/mol. The number of fused-ring (bicyclic) bond motifs is 1. The molecule has 1 aromatic carbocycles. The molecule has 1 fully saturated rings. The molecule has 0 spiro atoms. The predicted molar refractivity (Wildman–Crippen MR) is 90.3 cm³/mol. The Balaban J connectivity index is 1.50. The van der Waals surface area contributed by atoms with Gasteiger partial charge >= 0.3 is 6.03 Å². The van der Waals surface area contributed by atoms with Crippen molar-refractivity contribution in [1.29, 1.82) is 0 Å². The van der Waals surface area contributed by atoms with Crippen molar-refractivity contribution in [2.75, 3.05) is 6.61 Å². The van der Waals surface area contributed by atoms with Crippen molar-refractivity contribution in [2.45, 2.75) is 51.1 Å². The summed E-state index contributed by atoms with van der Waals surface area (Å²) in [5, 5.41) is 10.2. The number of carbonyl (C=O) groups excluding carboxylic acids is 1. The van der Waals surface area contributed by atoms with Crippen molar-refractivity contribution >= 4 is 6.03 Å². The van der Waals surface area contributed by atoms with Gasteiger partial charge in [-0.05, 0) is 25.8 Å². The fourth-order valence-electron chi connectivity index (χ4n) is 3.74. The highest BCUT2D eigenvalue weighted by atomic mass is 16.5. The molecule has 0 bridgehead atoms. The summed E-state index contributed by atoms with van der Waals surface area (Å²) in [7, 11) is 0. The molecule has 1 unspecified atom stereocenters. The fraction of sp³-hybridized carbons (Fsp3) is 0.500. The summed E-state index contributed by atoms with van der Waals surface area (Å²) >= 11 is 0. The quantitative estimate of drug-likeness (QED) is 0.895. The Morgan fingerprint density at radius 3 is 2.80 bits per heavy atom. The van der Waals surface area contributed by atoms with Crippen molar-refractivity contribution in [3.05, 3.63) is 41.0 Å². The van der Waals surface area contributed by atoms with Crippen molar-refractivity contribution in [2.24, 2.45) is 0 Å². The van der Waals surface area contributed by atoms with Gasteiger partial charge in [0.1, 0.15) is 17.9 Å². The summed E-state index contributed by atoms with van der Waals surface area (Å²) in [5.41, 5.74) is 1.62. The third-order valence-electron chi connectivity index (χ3n) is 5.02. The third kappa shape index (κ3) is 2.94. The number of rotatable bonds is 3. The summed E-state index contributed by atoms with van der Waals surface area (Å²) in [6.45, 7) is 4.23. The molecule has 2 N–H and O–H groups in total. The number of nitrogens with one attached hydrogen (secondary N) is 2. The molecule has 2 aliphatic rings. The maximum Gasteiger partial charge on any atom is 0.316 e. The summed E-state index contributed by atoms with van der Waals surface area (Å²) in [6.07, 6.45) is 3.69. The minimum absolute atomic E-state index is 0.152. The molecule has 1 aromatic heterocycles. The lowest BCUT2D eigenvalue weighted by Crippen LogP contribution is -2.50. The second-order valence-electron chi connectivity index (χ2n) is 6.93. The maximum absolute atomic E-state index is 12.7. The zero-order chi connectivity index (χ0) is 17.4. The van der Waals surface area contributed by atoms with Gasteiger partial charge in [-0.25, -0.2) is 4.79 Å². The van der Waals surface area contributed by atoms with Crippen LogP contribution in [0.15, 0.2) is 22.7 Å². The van der Waals surface area contributed by atoms with E-state index in [9.17, 15) is 4.79 Å². The van der Waals surface area contributed by atoms with Gasteiger partial charge in [0.05, 0.1) is 6.04 Å². The number of nitrogens with zero attached hydrogens (tertiary/aromatic N) is 2. The molecule has 1 aliphatic carbocycles. The van der Waals surface area contributed by atoms with Crippen molar-refractivity contribution in [1.82, 2.24) is 20.8 Å². The van der Waals surface area contributed by atoms with E-state index < -0.39 is 5.54 Å². The van der Waals surface area contributed by atoms with Crippen LogP contribution in [0.1, 0.15) is 54.6 Å². The molecule has 25 heavy (non-hydrogen) atoms. The molecule has 7 nitrogen and oxygen atoms in total. The van der Waals surface area contributed by atoms with Crippen LogP contribution in [-0.4, -0.2) is 22.8 Å². The van der Waals surface area contributed by atoms with Gasteiger partial charge in [0.2, 0.25) is 5.89 Å². The number of amides is 2. The first-order chi connectivity index (χ1) is 12.1. The number of urea groups is 1. The Hall–Kier alpha value is -2.57. The number of carbonyl (C=O) groups is 1. The number of aromatic nitrogens is 2. The maximum atomic E-state index is 12.7. The van der Waals surface area contributed by atoms with Gasteiger partial charge in [0.25, 0.3) is 0 Å². The largest absolute Gasteiger partial charge is 0.491 e. The molecule has 1 aliphatic heterocycles. The topological polar surface area (TPSA) is 89.3 Å². The Labute approximate surface area is 146 Å². The summed E-state index contributed by atoms with van der Waals surface area (Å²) in [6, 6.07) is 5.63. The highest BCUT2D eigenvalue weighted by Gasteiger charge is 2.41. The van der Waals surface area contributed by atoms with E-state index in [0.717, 1.165) is 42.6 Å². The van der Waals surface area contributed by atoms with E-state index in [1.165, 1.54) is 0 Å². The van der Waals surface area contributed by atoms with Crippen LogP contribution in [0, 0.1) is 13.8 Å². The minimum atomic E-state index is -0.545. The van der Waals surface area contributed by atoms with E-state index in [0.29, 0.717) is 18.3 Å². The zero-order valence-corrected chi connectivity index (χ0v) is 14.5. The third-order valence-corrected chi connectivity index (χ3v) is 5.02. The highest BCUT2D eigenvalue weighted by molar-refractivity contribution is 5.76. The number of benzene rings is 1. The molecule has 0 saturated heterocycles. The van der Waals surface area contributed by atoms with Crippen molar-refractivity contribution < 1.29 is 14.1 Å². The van der Waals surface area contributed by atoms with E-state index in [1.807, 2.05) is 19.1 Å². The molecule has 0 radical (unpaired) electrons. The molecular weight excluding hydrogens is 320 g/mol. The van der Waals surface area contributed by atoms with Gasteiger partial charge < -0.3 is 19.9 Å². The Kier molecular flexibility index (Phi) is 3.86. The van der Waals surface area contributed by atoms with Crippen molar-refractivity contribution in [3.8, 4) is 5.75 Å². The molecule has 132 valence electrons. The molecule has 1 saturated carbocycles. The van der Waals surface area contributed by atoms with Gasteiger partial charge in [-0.1, -0.05) is 35.7 Å².